The van der Waals surface area contributed by atoms with Crippen molar-refractivity contribution < 1.29 is 12.8 Å². The number of nitrogens with one attached hydrogen (secondary N) is 1. The summed E-state index contributed by atoms with van der Waals surface area (Å²) in [6.07, 6.45) is 1.73. The Balaban J connectivity index is 2.49. The lowest BCUT2D eigenvalue weighted by molar-refractivity contribution is 0.438. The molecule has 1 saturated heterocycles. The molecule has 0 aliphatic carbocycles. The predicted octanol–water partition coefficient (Wildman–Crippen LogP) is 2.86. The summed E-state index contributed by atoms with van der Waals surface area (Å²) in [6, 6.07) is 3.71. The van der Waals surface area contributed by atoms with Gasteiger partial charge in [0.25, 0.3) is 9.05 Å². The molecule has 0 bridgehead atoms. The van der Waals surface area contributed by atoms with E-state index in [0.29, 0.717) is 11.5 Å². The molecule has 1 aliphatic rings. The van der Waals surface area contributed by atoms with Crippen LogP contribution in [0.5, 0.6) is 0 Å². The monoisotopic (exact) mass is 305 g/mol. The summed E-state index contributed by atoms with van der Waals surface area (Å²) >= 11 is 0. The number of rotatable bonds is 4. The molecular weight excluding hydrogens is 289 g/mol. The van der Waals surface area contributed by atoms with Crippen LogP contribution in [0.2, 0.25) is 0 Å². The third-order valence-corrected chi connectivity index (χ3v) is 5.14. The van der Waals surface area contributed by atoms with Crippen molar-refractivity contribution in [3.8, 4) is 0 Å². The van der Waals surface area contributed by atoms with E-state index in [-0.39, 0.29) is 10.8 Å². The van der Waals surface area contributed by atoms with Gasteiger partial charge in [-0.1, -0.05) is 6.92 Å². The van der Waals surface area contributed by atoms with E-state index in [1.807, 2.05) is 6.92 Å². The van der Waals surface area contributed by atoms with Crippen molar-refractivity contribution in [2.24, 2.45) is 5.92 Å². The van der Waals surface area contributed by atoms with Crippen LogP contribution in [0, 0.1) is 11.7 Å². The molecule has 1 aliphatic heterocycles. The second-order valence-electron chi connectivity index (χ2n) is 4.89. The largest absolute Gasteiger partial charge is 0.316 e. The number of hydrogen-bond donors (Lipinski definition) is 1. The van der Waals surface area contributed by atoms with Gasteiger partial charge in [-0.25, -0.2) is 12.8 Å². The molecule has 6 heteroatoms. The third kappa shape index (κ3) is 3.27. The minimum atomic E-state index is -3.85. The molecule has 0 aromatic heterocycles. The molecule has 0 saturated carbocycles. The van der Waals surface area contributed by atoms with Crippen LogP contribution in [0.3, 0.4) is 0 Å². The molecule has 1 N–H and O–H groups in total. The quantitative estimate of drug-likeness (QED) is 0.870. The summed E-state index contributed by atoms with van der Waals surface area (Å²) in [5, 5.41) is 3.25. The highest BCUT2D eigenvalue weighted by atomic mass is 35.7. The van der Waals surface area contributed by atoms with Crippen LogP contribution in [-0.2, 0) is 9.05 Å². The molecular formula is C13H17ClFNO2S. The zero-order chi connectivity index (χ0) is 14.0. The Morgan fingerprint density at radius 2 is 2.26 bits per heavy atom. The van der Waals surface area contributed by atoms with E-state index in [4.69, 9.17) is 10.7 Å². The van der Waals surface area contributed by atoms with Crippen molar-refractivity contribution in [2.45, 2.75) is 30.6 Å². The zero-order valence-corrected chi connectivity index (χ0v) is 12.3. The molecule has 3 nitrogen and oxygen atoms in total. The molecule has 0 spiro atoms. The van der Waals surface area contributed by atoms with Crippen molar-refractivity contribution in [1.82, 2.24) is 5.32 Å². The number of halogens is 2. The van der Waals surface area contributed by atoms with Gasteiger partial charge in [0.15, 0.2) is 0 Å². The molecule has 1 heterocycles. The van der Waals surface area contributed by atoms with Gasteiger partial charge in [-0.05, 0) is 61.5 Å². The third-order valence-electron chi connectivity index (χ3n) is 3.74. The number of hydrogen-bond acceptors (Lipinski definition) is 3. The van der Waals surface area contributed by atoms with Crippen LogP contribution in [0.4, 0.5) is 4.39 Å². The molecule has 19 heavy (non-hydrogen) atoms. The molecule has 0 amide bonds. The summed E-state index contributed by atoms with van der Waals surface area (Å²) in [5.74, 6) is -0.0957. The van der Waals surface area contributed by atoms with E-state index in [9.17, 15) is 12.8 Å². The Morgan fingerprint density at radius 3 is 2.79 bits per heavy atom. The van der Waals surface area contributed by atoms with Gasteiger partial charge in [-0.2, -0.15) is 0 Å². The standard InChI is InChI=1S/C13H17ClFNO2S/c1-2-11(9-5-6-16-8-9)12-7-10(15)3-4-13(12)19(14,17)18/h3-4,7,9,11,16H,2,5-6,8H2,1H3/t9-,11?/m0/s1. The highest BCUT2D eigenvalue weighted by molar-refractivity contribution is 8.13. The zero-order valence-electron chi connectivity index (χ0n) is 10.7. The van der Waals surface area contributed by atoms with Crippen molar-refractivity contribution in [3.05, 3.63) is 29.6 Å². The van der Waals surface area contributed by atoms with Gasteiger partial charge in [0.05, 0.1) is 4.90 Å². The van der Waals surface area contributed by atoms with Crippen LogP contribution in [0.15, 0.2) is 23.1 Å². The van der Waals surface area contributed by atoms with Crippen molar-refractivity contribution in [2.75, 3.05) is 13.1 Å². The first-order valence-corrected chi connectivity index (χ1v) is 8.69. The van der Waals surface area contributed by atoms with E-state index in [1.54, 1.807) is 0 Å². The second kappa shape index (κ2) is 5.77. The lowest BCUT2D eigenvalue weighted by atomic mass is 9.83. The fourth-order valence-corrected chi connectivity index (χ4v) is 4.00. The highest BCUT2D eigenvalue weighted by Crippen LogP contribution is 2.36. The van der Waals surface area contributed by atoms with E-state index in [0.717, 1.165) is 32.0 Å². The van der Waals surface area contributed by atoms with E-state index < -0.39 is 14.9 Å². The van der Waals surface area contributed by atoms with E-state index in [2.05, 4.69) is 5.32 Å². The van der Waals surface area contributed by atoms with Gasteiger partial charge in [0.1, 0.15) is 5.82 Å². The first-order valence-electron chi connectivity index (χ1n) is 6.38. The molecule has 2 atom stereocenters. The lowest BCUT2D eigenvalue weighted by Crippen LogP contribution is -2.18. The summed E-state index contributed by atoms with van der Waals surface area (Å²) in [6.45, 7) is 3.73. The average Bonchev–Trinajstić information content (AvgIpc) is 2.82. The van der Waals surface area contributed by atoms with E-state index >= 15 is 0 Å². The fourth-order valence-electron chi connectivity index (χ4n) is 2.86. The minimum Gasteiger partial charge on any atom is -0.316 e. The molecule has 1 aromatic rings. The minimum absolute atomic E-state index is 0.00854. The van der Waals surface area contributed by atoms with Crippen LogP contribution < -0.4 is 5.32 Å². The molecule has 0 radical (unpaired) electrons. The van der Waals surface area contributed by atoms with Crippen LogP contribution in [0.1, 0.15) is 31.2 Å². The summed E-state index contributed by atoms with van der Waals surface area (Å²) in [5.41, 5.74) is 0.506. The Morgan fingerprint density at radius 1 is 1.53 bits per heavy atom. The highest BCUT2D eigenvalue weighted by Gasteiger charge is 2.29. The van der Waals surface area contributed by atoms with Gasteiger partial charge in [-0.3, -0.25) is 0 Å². The SMILES string of the molecule is CCC(c1cc(F)ccc1S(=O)(=O)Cl)[C@H]1CCNC1. The van der Waals surface area contributed by atoms with Crippen molar-refractivity contribution >= 4 is 19.7 Å². The Hall–Kier alpha value is -0.650. The van der Waals surface area contributed by atoms with Gasteiger partial charge in [0, 0.05) is 10.7 Å². The first kappa shape index (κ1) is 14.8. The summed E-state index contributed by atoms with van der Waals surface area (Å²) < 4.78 is 36.7. The van der Waals surface area contributed by atoms with Gasteiger partial charge < -0.3 is 5.32 Å². The van der Waals surface area contributed by atoms with Crippen LogP contribution >= 0.6 is 10.7 Å². The van der Waals surface area contributed by atoms with E-state index in [1.165, 1.54) is 12.1 Å². The maximum absolute atomic E-state index is 13.5. The topological polar surface area (TPSA) is 46.2 Å². The maximum atomic E-state index is 13.5. The van der Waals surface area contributed by atoms with Gasteiger partial charge in [-0.15, -0.1) is 0 Å². The Kier molecular flexibility index (Phi) is 4.48. The summed E-state index contributed by atoms with van der Waals surface area (Å²) in [4.78, 5) is 0.0364. The molecule has 106 valence electrons. The van der Waals surface area contributed by atoms with Crippen molar-refractivity contribution in [3.63, 3.8) is 0 Å². The molecule has 1 fully saturated rings. The fraction of sp³-hybridized carbons (Fsp3) is 0.538. The normalized spacial score (nSPS) is 21.5. The molecule has 1 aromatic carbocycles. The van der Waals surface area contributed by atoms with Crippen LogP contribution in [-0.4, -0.2) is 21.5 Å². The first-order chi connectivity index (χ1) is 8.93. The summed E-state index contributed by atoms with van der Waals surface area (Å²) in [7, 11) is 1.61. The van der Waals surface area contributed by atoms with Gasteiger partial charge in [0.2, 0.25) is 0 Å². The molecule has 2 rings (SSSR count). The molecule has 1 unspecified atom stereocenters. The van der Waals surface area contributed by atoms with Crippen molar-refractivity contribution in [1.29, 1.82) is 0 Å². The van der Waals surface area contributed by atoms with Gasteiger partial charge >= 0.3 is 0 Å². The Bertz CT molecular complexity index is 556. The maximum Gasteiger partial charge on any atom is 0.261 e. The smallest absolute Gasteiger partial charge is 0.261 e. The Labute approximate surface area is 117 Å². The number of benzene rings is 1. The lowest BCUT2D eigenvalue weighted by Gasteiger charge is -2.23. The second-order valence-corrected chi connectivity index (χ2v) is 7.42. The average molecular weight is 306 g/mol. The predicted molar refractivity (Wildman–Crippen MR) is 73.4 cm³/mol. The van der Waals surface area contributed by atoms with Crippen LogP contribution in [0.25, 0.3) is 0 Å².